The molecule has 1 aromatic carbocycles. The highest BCUT2D eigenvalue weighted by Gasteiger charge is 2.04. The predicted molar refractivity (Wildman–Crippen MR) is 66.0 cm³/mol. The van der Waals surface area contributed by atoms with E-state index in [-0.39, 0.29) is 0 Å². The van der Waals surface area contributed by atoms with Crippen LogP contribution in [-0.4, -0.2) is 26.4 Å². The van der Waals surface area contributed by atoms with Crippen molar-refractivity contribution in [3.8, 4) is 5.75 Å². The van der Waals surface area contributed by atoms with Crippen LogP contribution in [0.4, 0.5) is 0 Å². The van der Waals surface area contributed by atoms with Gasteiger partial charge in [0.05, 0.1) is 13.2 Å². The molecule has 16 heavy (non-hydrogen) atoms. The van der Waals surface area contributed by atoms with Crippen molar-refractivity contribution < 1.29 is 9.47 Å². The first-order valence-corrected chi connectivity index (χ1v) is 5.63. The Bertz CT molecular complexity index is 314. The van der Waals surface area contributed by atoms with Crippen LogP contribution in [0.15, 0.2) is 12.1 Å². The molecule has 0 saturated heterocycles. The van der Waals surface area contributed by atoms with Crippen molar-refractivity contribution in [1.82, 2.24) is 0 Å². The summed E-state index contributed by atoms with van der Waals surface area (Å²) in [5, 5.41) is 0. The van der Waals surface area contributed by atoms with Crippen molar-refractivity contribution in [3.63, 3.8) is 0 Å². The van der Waals surface area contributed by atoms with E-state index in [1.165, 1.54) is 16.7 Å². The van der Waals surface area contributed by atoms with Crippen molar-refractivity contribution in [3.05, 3.63) is 28.8 Å². The lowest BCUT2D eigenvalue weighted by molar-refractivity contribution is 0.105. The van der Waals surface area contributed by atoms with Gasteiger partial charge in [-0.1, -0.05) is 17.7 Å². The summed E-state index contributed by atoms with van der Waals surface area (Å²) in [6.45, 7) is 8.53. The van der Waals surface area contributed by atoms with E-state index in [1.807, 2.05) is 0 Å². The second kappa shape index (κ2) is 6.51. The van der Waals surface area contributed by atoms with Crippen LogP contribution in [-0.2, 0) is 4.74 Å². The van der Waals surface area contributed by atoms with E-state index >= 15 is 0 Å². The molecule has 0 atom stereocenters. The van der Waals surface area contributed by atoms with Gasteiger partial charge in [0, 0.05) is 6.54 Å². The summed E-state index contributed by atoms with van der Waals surface area (Å²) in [4.78, 5) is 0. The lowest BCUT2D eigenvalue weighted by atomic mass is 10.1. The molecule has 3 nitrogen and oxygen atoms in total. The summed E-state index contributed by atoms with van der Waals surface area (Å²) in [5.74, 6) is 0.974. The zero-order valence-electron chi connectivity index (χ0n) is 10.4. The van der Waals surface area contributed by atoms with E-state index < -0.39 is 0 Å². The first-order valence-electron chi connectivity index (χ1n) is 5.63. The van der Waals surface area contributed by atoms with Crippen LogP contribution in [0.1, 0.15) is 16.7 Å². The maximum atomic E-state index is 5.70. The summed E-state index contributed by atoms with van der Waals surface area (Å²) in [7, 11) is 0. The molecule has 3 heteroatoms. The molecule has 0 unspecified atom stereocenters. The van der Waals surface area contributed by atoms with E-state index in [0.29, 0.717) is 26.4 Å². The number of aryl methyl sites for hydroxylation is 3. The van der Waals surface area contributed by atoms with Gasteiger partial charge < -0.3 is 15.2 Å². The summed E-state index contributed by atoms with van der Waals surface area (Å²) >= 11 is 0. The fraction of sp³-hybridized carbons (Fsp3) is 0.538. The number of ether oxygens (including phenoxy) is 2. The fourth-order valence-corrected chi connectivity index (χ4v) is 1.78. The Hall–Kier alpha value is -1.06. The molecule has 0 spiro atoms. The van der Waals surface area contributed by atoms with Gasteiger partial charge in [0.2, 0.25) is 0 Å². The minimum atomic E-state index is 0.558. The number of rotatable bonds is 6. The summed E-state index contributed by atoms with van der Waals surface area (Å²) in [6, 6.07) is 4.26. The largest absolute Gasteiger partial charge is 0.491 e. The monoisotopic (exact) mass is 223 g/mol. The molecular formula is C13H21NO2. The minimum absolute atomic E-state index is 0.558. The Labute approximate surface area is 97.6 Å². The molecule has 0 bridgehead atoms. The molecule has 0 aliphatic carbocycles. The van der Waals surface area contributed by atoms with E-state index in [2.05, 4.69) is 32.9 Å². The Kier molecular flexibility index (Phi) is 5.29. The van der Waals surface area contributed by atoms with Gasteiger partial charge in [-0.3, -0.25) is 0 Å². The number of nitrogens with two attached hydrogens (primary N) is 1. The second-order valence-electron chi connectivity index (χ2n) is 3.98. The van der Waals surface area contributed by atoms with Gasteiger partial charge in [-0.2, -0.15) is 0 Å². The molecule has 2 N–H and O–H groups in total. The molecule has 0 saturated carbocycles. The molecule has 0 amide bonds. The van der Waals surface area contributed by atoms with Crippen LogP contribution in [0.25, 0.3) is 0 Å². The molecule has 1 rings (SSSR count). The van der Waals surface area contributed by atoms with Gasteiger partial charge in [-0.15, -0.1) is 0 Å². The number of hydrogen-bond donors (Lipinski definition) is 1. The number of benzene rings is 1. The highest BCUT2D eigenvalue weighted by molar-refractivity contribution is 5.42. The average molecular weight is 223 g/mol. The maximum Gasteiger partial charge on any atom is 0.125 e. The Morgan fingerprint density at radius 1 is 1.00 bits per heavy atom. The van der Waals surface area contributed by atoms with Crippen LogP contribution in [0.3, 0.4) is 0 Å². The van der Waals surface area contributed by atoms with Crippen LogP contribution < -0.4 is 10.5 Å². The van der Waals surface area contributed by atoms with Crippen LogP contribution in [0.2, 0.25) is 0 Å². The average Bonchev–Trinajstić information content (AvgIpc) is 2.20. The second-order valence-corrected chi connectivity index (χ2v) is 3.98. The standard InChI is InChI=1S/C13H21NO2/c1-10-8-11(2)13(12(3)9-10)16-7-6-15-5-4-14/h8-9H,4-7,14H2,1-3H3. The van der Waals surface area contributed by atoms with Crippen LogP contribution in [0.5, 0.6) is 5.75 Å². The Morgan fingerprint density at radius 3 is 2.19 bits per heavy atom. The first kappa shape index (κ1) is 13.0. The normalized spacial score (nSPS) is 10.5. The van der Waals surface area contributed by atoms with Crippen molar-refractivity contribution in [2.75, 3.05) is 26.4 Å². The Morgan fingerprint density at radius 2 is 1.62 bits per heavy atom. The van der Waals surface area contributed by atoms with Gasteiger partial charge in [-0.05, 0) is 31.9 Å². The molecule has 1 aromatic rings. The van der Waals surface area contributed by atoms with Gasteiger partial charge in [-0.25, -0.2) is 0 Å². The molecule has 0 radical (unpaired) electrons. The summed E-state index contributed by atoms with van der Waals surface area (Å²) in [5.41, 5.74) is 8.94. The SMILES string of the molecule is Cc1cc(C)c(OCCOCCN)c(C)c1. The molecule has 0 fully saturated rings. The van der Waals surface area contributed by atoms with Crippen LogP contribution >= 0.6 is 0 Å². The minimum Gasteiger partial charge on any atom is -0.491 e. The van der Waals surface area contributed by atoms with Crippen molar-refractivity contribution in [2.45, 2.75) is 20.8 Å². The quantitative estimate of drug-likeness (QED) is 0.750. The first-order chi connectivity index (χ1) is 7.65. The predicted octanol–water partition coefficient (Wildman–Crippen LogP) is 1.97. The highest BCUT2D eigenvalue weighted by atomic mass is 16.5. The zero-order chi connectivity index (χ0) is 12.0. The lowest BCUT2D eigenvalue weighted by Gasteiger charge is -2.13. The highest BCUT2D eigenvalue weighted by Crippen LogP contribution is 2.24. The van der Waals surface area contributed by atoms with E-state index in [4.69, 9.17) is 15.2 Å². The van der Waals surface area contributed by atoms with Gasteiger partial charge in [0.1, 0.15) is 12.4 Å². The van der Waals surface area contributed by atoms with Crippen molar-refractivity contribution >= 4 is 0 Å². The maximum absolute atomic E-state index is 5.70. The molecule has 0 aliphatic rings. The third-order valence-electron chi connectivity index (χ3n) is 2.34. The summed E-state index contributed by atoms with van der Waals surface area (Å²) in [6.07, 6.45) is 0. The molecule has 90 valence electrons. The molecule has 0 aliphatic heterocycles. The number of hydrogen-bond acceptors (Lipinski definition) is 3. The topological polar surface area (TPSA) is 44.5 Å². The van der Waals surface area contributed by atoms with Gasteiger partial charge >= 0.3 is 0 Å². The third-order valence-corrected chi connectivity index (χ3v) is 2.34. The van der Waals surface area contributed by atoms with Crippen molar-refractivity contribution in [2.24, 2.45) is 5.73 Å². The zero-order valence-corrected chi connectivity index (χ0v) is 10.4. The summed E-state index contributed by atoms with van der Waals surface area (Å²) < 4.78 is 11.0. The van der Waals surface area contributed by atoms with Crippen molar-refractivity contribution in [1.29, 1.82) is 0 Å². The molecule has 0 heterocycles. The van der Waals surface area contributed by atoms with E-state index in [9.17, 15) is 0 Å². The molecular weight excluding hydrogens is 202 g/mol. The smallest absolute Gasteiger partial charge is 0.125 e. The van der Waals surface area contributed by atoms with E-state index in [0.717, 1.165) is 5.75 Å². The third kappa shape index (κ3) is 3.83. The van der Waals surface area contributed by atoms with E-state index in [1.54, 1.807) is 0 Å². The lowest BCUT2D eigenvalue weighted by Crippen LogP contribution is -2.13. The molecule has 0 aromatic heterocycles. The van der Waals surface area contributed by atoms with Gasteiger partial charge in [0.15, 0.2) is 0 Å². The van der Waals surface area contributed by atoms with Gasteiger partial charge in [0.25, 0.3) is 0 Å². The fourth-order valence-electron chi connectivity index (χ4n) is 1.78. The Balaban J connectivity index is 2.47. The van der Waals surface area contributed by atoms with Crippen LogP contribution in [0, 0.1) is 20.8 Å².